The largest absolute Gasteiger partial charge is 0.368 e. The highest BCUT2D eigenvalue weighted by Crippen LogP contribution is 2.41. The van der Waals surface area contributed by atoms with Gasteiger partial charge in [0.25, 0.3) is 0 Å². The van der Waals surface area contributed by atoms with Gasteiger partial charge in [-0.3, -0.25) is 0 Å². The summed E-state index contributed by atoms with van der Waals surface area (Å²) < 4.78 is 0. The average Bonchev–Trinajstić information content (AvgIpc) is 2.75. The molecule has 3 unspecified atom stereocenters. The van der Waals surface area contributed by atoms with Gasteiger partial charge in [0.2, 0.25) is 0 Å². The van der Waals surface area contributed by atoms with Crippen LogP contribution in [0, 0.1) is 11.3 Å². The predicted octanol–water partition coefficient (Wildman–Crippen LogP) is 3.85. The summed E-state index contributed by atoms with van der Waals surface area (Å²) in [5, 5.41) is 3.58. The molecule has 21 heavy (non-hydrogen) atoms. The molecule has 1 fully saturated rings. The van der Waals surface area contributed by atoms with Crippen LogP contribution < -0.4 is 10.2 Å². The zero-order valence-corrected chi connectivity index (χ0v) is 14.0. The van der Waals surface area contributed by atoms with Crippen LogP contribution in [0.15, 0.2) is 24.3 Å². The Bertz CT molecular complexity index is 494. The Kier molecular flexibility index (Phi) is 4.00. The third-order valence-corrected chi connectivity index (χ3v) is 5.67. The molecule has 0 aromatic heterocycles. The molecule has 1 N–H and O–H groups in total. The fraction of sp³-hybridized carbons (Fsp3) is 0.684. The summed E-state index contributed by atoms with van der Waals surface area (Å²) in [5.41, 5.74) is 3.50. The third-order valence-electron chi connectivity index (χ3n) is 5.67. The lowest BCUT2D eigenvalue weighted by atomic mass is 9.69. The van der Waals surface area contributed by atoms with Gasteiger partial charge in [0, 0.05) is 24.3 Å². The van der Waals surface area contributed by atoms with Crippen LogP contribution in [-0.2, 0) is 6.42 Å². The molecule has 2 aliphatic rings. The molecule has 0 radical (unpaired) electrons. The van der Waals surface area contributed by atoms with Crippen LogP contribution in [0.2, 0.25) is 0 Å². The number of hydrogen-bond donors (Lipinski definition) is 1. The van der Waals surface area contributed by atoms with Crippen molar-refractivity contribution in [1.29, 1.82) is 0 Å². The Morgan fingerprint density at radius 2 is 2.05 bits per heavy atom. The zero-order chi connectivity index (χ0) is 15.0. The molecule has 116 valence electrons. The Labute approximate surface area is 129 Å². The molecule has 1 aromatic carbocycles. The zero-order valence-electron chi connectivity index (χ0n) is 14.0. The van der Waals surface area contributed by atoms with Crippen molar-refractivity contribution in [3.05, 3.63) is 29.8 Å². The normalized spacial score (nSPS) is 31.2. The van der Waals surface area contributed by atoms with Crippen molar-refractivity contribution in [2.24, 2.45) is 11.3 Å². The smallest absolute Gasteiger partial charge is 0.0402 e. The maximum Gasteiger partial charge on any atom is 0.0402 e. The van der Waals surface area contributed by atoms with Gasteiger partial charge < -0.3 is 10.2 Å². The monoisotopic (exact) mass is 286 g/mol. The van der Waals surface area contributed by atoms with Gasteiger partial charge >= 0.3 is 0 Å². The van der Waals surface area contributed by atoms with Crippen LogP contribution in [0.4, 0.5) is 5.69 Å². The van der Waals surface area contributed by atoms with E-state index in [1.165, 1.54) is 43.5 Å². The number of hydrogen-bond acceptors (Lipinski definition) is 2. The molecule has 1 heterocycles. The third kappa shape index (κ3) is 2.96. The van der Waals surface area contributed by atoms with Crippen molar-refractivity contribution in [2.75, 3.05) is 18.5 Å². The number of nitrogens with zero attached hydrogens (tertiary/aromatic N) is 1. The summed E-state index contributed by atoms with van der Waals surface area (Å²) in [6.07, 6.45) is 5.21. The van der Waals surface area contributed by atoms with Gasteiger partial charge in [-0.2, -0.15) is 0 Å². The van der Waals surface area contributed by atoms with Crippen molar-refractivity contribution >= 4 is 5.69 Å². The second-order valence-corrected chi connectivity index (χ2v) is 7.90. The van der Waals surface area contributed by atoms with E-state index in [0.717, 1.165) is 5.92 Å². The standard InChI is InChI=1S/C19H30N2/c1-14-11-15-7-5-6-8-18(15)21(14)13-16-12-19(2,3)10-9-17(16)20-4/h5-8,14,16-17,20H,9-13H2,1-4H3. The summed E-state index contributed by atoms with van der Waals surface area (Å²) in [6, 6.07) is 10.3. The van der Waals surface area contributed by atoms with Crippen LogP contribution in [-0.4, -0.2) is 25.7 Å². The van der Waals surface area contributed by atoms with Gasteiger partial charge in [-0.1, -0.05) is 32.0 Å². The maximum absolute atomic E-state index is 3.58. The van der Waals surface area contributed by atoms with E-state index in [-0.39, 0.29) is 0 Å². The summed E-state index contributed by atoms with van der Waals surface area (Å²) in [7, 11) is 2.14. The van der Waals surface area contributed by atoms with E-state index in [4.69, 9.17) is 0 Å². The quantitative estimate of drug-likeness (QED) is 0.908. The van der Waals surface area contributed by atoms with E-state index in [2.05, 4.69) is 62.3 Å². The fourth-order valence-corrected chi connectivity index (χ4v) is 4.47. The number of nitrogens with one attached hydrogen (secondary N) is 1. The van der Waals surface area contributed by atoms with Gasteiger partial charge in [0.15, 0.2) is 0 Å². The summed E-state index contributed by atoms with van der Waals surface area (Å²) in [4.78, 5) is 2.66. The molecule has 3 rings (SSSR count). The molecular weight excluding hydrogens is 256 g/mol. The molecule has 2 nitrogen and oxygen atoms in total. The fourth-order valence-electron chi connectivity index (χ4n) is 4.47. The lowest BCUT2D eigenvalue weighted by molar-refractivity contribution is 0.144. The minimum Gasteiger partial charge on any atom is -0.368 e. The van der Waals surface area contributed by atoms with E-state index in [1.54, 1.807) is 0 Å². The number of anilines is 1. The molecule has 0 saturated heterocycles. The average molecular weight is 286 g/mol. The van der Waals surface area contributed by atoms with Gasteiger partial charge in [-0.15, -0.1) is 0 Å². The first kappa shape index (κ1) is 14.9. The molecule has 0 bridgehead atoms. The van der Waals surface area contributed by atoms with Gasteiger partial charge in [-0.25, -0.2) is 0 Å². The lowest BCUT2D eigenvalue weighted by Gasteiger charge is -2.43. The highest BCUT2D eigenvalue weighted by Gasteiger charge is 2.37. The molecule has 0 amide bonds. The summed E-state index contributed by atoms with van der Waals surface area (Å²) >= 11 is 0. The van der Waals surface area contributed by atoms with Crippen molar-refractivity contribution in [2.45, 2.75) is 58.5 Å². The molecule has 0 spiro atoms. The summed E-state index contributed by atoms with van der Waals surface area (Å²) in [6.45, 7) is 8.45. The highest BCUT2D eigenvalue weighted by molar-refractivity contribution is 5.59. The number of para-hydroxylation sites is 1. The van der Waals surface area contributed by atoms with E-state index in [0.29, 0.717) is 17.5 Å². The first-order chi connectivity index (χ1) is 10.00. The van der Waals surface area contributed by atoms with Crippen LogP contribution >= 0.6 is 0 Å². The molecule has 1 aromatic rings. The predicted molar refractivity (Wildman–Crippen MR) is 90.9 cm³/mol. The Morgan fingerprint density at radius 1 is 1.29 bits per heavy atom. The number of benzene rings is 1. The SMILES string of the molecule is CNC1CCC(C)(C)CC1CN1c2ccccc2CC1C. The molecule has 2 heteroatoms. The topological polar surface area (TPSA) is 15.3 Å². The summed E-state index contributed by atoms with van der Waals surface area (Å²) in [5.74, 6) is 0.757. The van der Waals surface area contributed by atoms with Gasteiger partial charge in [0.1, 0.15) is 0 Å². The van der Waals surface area contributed by atoms with Crippen LogP contribution in [0.25, 0.3) is 0 Å². The molecule has 3 atom stereocenters. The van der Waals surface area contributed by atoms with E-state index < -0.39 is 0 Å². The first-order valence-corrected chi connectivity index (χ1v) is 8.52. The minimum absolute atomic E-state index is 0.500. The second-order valence-electron chi connectivity index (χ2n) is 7.90. The van der Waals surface area contributed by atoms with Gasteiger partial charge in [0.05, 0.1) is 0 Å². The Morgan fingerprint density at radius 3 is 2.81 bits per heavy atom. The van der Waals surface area contributed by atoms with Crippen LogP contribution in [0.1, 0.15) is 45.6 Å². The molecule has 1 saturated carbocycles. The van der Waals surface area contributed by atoms with Crippen LogP contribution in [0.3, 0.4) is 0 Å². The minimum atomic E-state index is 0.500. The van der Waals surface area contributed by atoms with Crippen molar-refractivity contribution < 1.29 is 0 Å². The maximum atomic E-state index is 3.58. The molecular formula is C19H30N2. The number of rotatable bonds is 3. The number of fused-ring (bicyclic) bond motifs is 1. The van der Waals surface area contributed by atoms with Crippen LogP contribution in [0.5, 0.6) is 0 Å². The van der Waals surface area contributed by atoms with E-state index >= 15 is 0 Å². The van der Waals surface area contributed by atoms with Crippen molar-refractivity contribution in [3.63, 3.8) is 0 Å². The molecule has 1 aliphatic heterocycles. The van der Waals surface area contributed by atoms with Gasteiger partial charge in [-0.05, 0) is 62.6 Å². The van der Waals surface area contributed by atoms with Crippen molar-refractivity contribution in [1.82, 2.24) is 5.32 Å². The highest BCUT2D eigenvalue weighted by atomic mass is 15.2. The Balaban J connectivity index is 1.78. The lowest BCUT2D eigenvalue weighted by Crippen LogP contribution is -2.47. The van der Waals surface area contributed by atoms with E-state index in [1.807, 2.05) is 0 Å². The van der Waals surface area contributed by atoms with Crippen molar-refractivity contribution in [3.8, 4) is 0 Å². The Hall–Kier alpha value is -1.02. The first-order valence-electron chi connectivity index (χ1n) is 8.52. The second kappa shape index (κ2) is 5.64. The molecule has 1 aliphatic carbocycles. The van der Waals surface area contributed by atoms with E-state index in [9.17, 15) is 0 Å².